The molecule has 0 aromatic heterocycles. The first-order valence-corrected chi connectivity index (χ1v) is 7.01. The number of aliphatic hydroxyl groups is 1. The van der Waals surface area contributed by atoms with Crippen LogP contribution in [0.1, 0.15) is 38.3 Å². The number of hydrogen-bond donors (Lipinski definition) is 3. The summed E-state index contributed by atoms with van der Waals surface area (Å²) in [4.78, 5) is 0. The van der Waals surface area contributed by atoms with Crippen LogP contribution in [0.2, 0.25) is 0 Å². The lowest BCUT2D eigenvalue weighted by molar-refractivity contribution is 0.263. The Bertz CT molecular complexity index is 358. The van der Waals surface area contributed by atoms with Crippen molar-refractivity contribution in [1.82, 2.24) is 5.32 Å². The van der Waals surface area contributed by atoms with Crippen LogP contribution < -0.4 is 15.8 Å². The smallest absolute Gasteiger partial charge is 0.119 e. The largest absolute Gasteiger partial charge is 0.494 e. The highest BCUT2D eigenvalue weighted by Gasteiger charge is 2.13. The zero-order chi connectivity index (χ0) is 14.1. The van der Waals surface area contributed by atoms with Crippen LogP contribution in [0.15, 0.2) is 24.3 Å². The van der Waals surface area contributed by atoms with Crippen molar-refractivity contribution in [2.24, 2.45) is 5.73 Å². The fourth-order valence-electron chi connectivity index (χ4n) is 1.96. The summed E-state index contributed by atoms with van der Waals surface area (Å²) in [6.07, 6.45) is 1.72. The predicted octanol–water partition coefficient (Wildman–Crippen LogP) is 1.84. The third-order valence-electron chi connectivity index (χ3n) is 3.02. The van der Waals surface area contributed by atoms with Gasteiger partial charge in [-0.25, -0.2) is 0 Å². The van der Waals surface area contributed by atoms with Crippen molar-refractivity contribution in [2.75, 3.05) is 19.8 Å². The van der Waals surface area contributed by atoms with E-state index in [1.165, 1.54) is 0 Å². The molecule has 0 saturated heterocycles. The van der Waals surface area contributed by atoms with Crippen molar-refractivity contribution in [3.05, 3.63) is 29.8 Å². The average Bonchev–Trinajstić information content (AvgIpc) is 2.43. The Labute approximate surface area is 116 Å². The van der Waals surface area contributed by atoms with Crippen molar-refractivity contribution >= 4 is 0 Å². The SMILES string of the molecule is CCCOc1cccc(C(CN)NC(C)CCO)c1. The second-order valence-corrected chi connectivity index (χ2v) is 4.79. The molecule has 4 nitrogen and oxygen atoms in total. The molecule has 108 valence electrons. The molecule has 0 fully saturated rings. The summed E-state index contributed by atoms with van der Waals surface area (Å²) in [5.41, 5.74) is 6.96. The van der Waals surface area contributed by atoms with E-state index in [0.29, 0.717) is 6.54 Å². The molecule has 0 radical (unpaired) electrons. The molecule has 0 spiro atoms. The molecule has 4 N–H and O–H groups in total. The van der Waals surface area contributed by atoms with E-state index in [9.17, 15) is 0 Å². The summed E-state index contributed by atoms with van der Waals surface area (Å²) >= 11 is 0. The molecule has 1 rings (SSSR count). The zero-order valence-corrected chi connectivity index (χ0v) is 11.9. The predicted molar refractivity (Wildman–Crippen MR) is 78.3 cm³/mol. The minimum Gasteiger partial charge on any atom is -0.494 e. The standard InChI is InChI=1S/C15H26N2O2/c1-3-9-19-14-6-4-5-13(10-14)15(11-16)17-12(2)7-8-18/h4-6,10,12,15,17-18H,3,7-9,11,16H2,1-2H3. The van der Waals surface area contributed by atoms with Gasteiger partial charge in [-0.2, -0.15) is 0 Å². The maximum absolute atomic E-state index is 8.94. The van der Waals surface area contributed by atoms with Crippen molar-refractivity contribution < 1.29 is 9.84 Å². The van der Waals surface area contributed by atoms with E-state index < -0.39 is 0 Å². The number of ether oxygens (including phenoxy) is 1. The number of hydrogen-bond acceptors (Lipinski definition) is 4. The molecular formula is C15H26N2O2. The summed E-state index contributed by atoms with van der Waals surface area (Å²) in [7, 11) is 0. The lowest BCUT2D eigenvalue weighted by atomic mass is 10.1. The van der Waals surface area contributed by atoms with E-state index >= 15 is 0 Å². The molecule has 0 amide bonds. The summed E-state index contributed by atoms with van der Waals surface area (Å²) in [6.45, 7) is 5.57. The lowest BCUT2D eigenvalue weighted by Gasteiger charge is -2.22. The first-order chi connectivity index (χ1) is 9.21. The van der Waals surface area contributed by atoms with Gasteiger partial charge in [0.05, 0.1) is 6.61 Å². The van der Waals surface area contributed by atoms with Crippen LogP contribution in [0.5, 0.6) is 5.75 Å². The van der Waals surface area contributed by atoms with E-state index in [1.807, 2.05) is 18.2 Å². The van der Waals surface area contributed by atoms with Crippen LogP contribution in [0.3, 0.4) is 0 Å². The molecule has 2 atom stereocenters. The van der Waals surface area contributed by atoms with E-state index in [4.69, 9.17) is 15.6 Å². The van der Waals surface area contributed by atoms with E-state index in [-0.39, 0.29) is 18.7 Å². The highest BCUT2D eigenvalue weighted by atomic mass is 16.5. The summed E-state index contributed by atoms with van der Waals surface area (Å²) < 4.78 is 5.63. The molecule has 0 aliphatic carbocycles. The van der Waals surface area contributed by atoms with Crippen LogP contribution in [0.25, 0.3) is 0 Å². The van der Waals surface area contributed by atoms with Crippen LogP contribution in [0, 0.1) is 0 Å². The van der Waals surface area contributed by atoms with Crippen molar-refractivity contribution in [2.45, 2.75) is 38.8 Å². The highest BCUT2D eigenvalue weighted by molar-refractivity contribution is 5.30. The molecule has 4 heteroatoms. The molecule has 0 saturated carbocycles. The van der Waals surface area contributed by atoms with Gasteiger partial charge in [-0.3, -0.25) is 0 Å². The molecule has 0 bridgehead atoms. The number of nitrogens with one attached hydrogen (secondary N) is 1. The van der Waals surface area contributed by atoms with E-state index in [0.717, 1.165) is 30.8 Å². The Morgan fingerprint density at radius 2 is 2.21 bits per heavy atom. The van der Waals surface area contributed by atoms with Crippen LogP contribution in [-0.4, -0.2) is 30.9 Å². The molecule has 0 heterocycles. The van der Waals surface area contributed by atoms with Gasteiger partial charge in [0.2, 0.25) is 0 Å². The van der Waals surface area contributed by atoms with Gasteiger partial charge in [-0.15, -0.1) is 0 Å². The Balaban J connectivity index is 2.68. The second-order valence-electron chi connectivity index (χ2n) is 4.79. The van der Waals surface area contributed by atoms with E-state index in [1.54, 1.807) is 0 Å². The van der Waals surface area contributed by atoms with Crippen LogP contribution >= 0.6 is 0 Å². The maximum Gasteiger partial charge on any atom is 0.119 e. The minimum absolute atomic E-state index is 0.0896. The van der Waals surface area contributed by atoms with Crippen LogP contribution in [-0.2, 0) is 0 Å². The maximum atomic E-state index is 8.94. The minimum atomic E-state index is 0.0896. The Kier molecular flexibility index (Phi) is 7.48. The molecule has 1 aromatic rings. The van der Waals surface area contributed by atoms with Crippen molar-refractivity contribution in [3.8, 4) is 5.75 Å². The fourth-order valence-corrected chi connectivity index (χ4v) is 1.96. The number of nitrogens with two attached hydrogens (primary N) is 1. The number of benzene rings is 1. The summed E-state index contributed by atoms with van der Waals surface area (Å²) in [6, 6.07) is 8.36. The Hall–Kier alpha value is -1.10. The first-order valence-electron chi connectivity index (χ1n) is 7.01. The quantitative estimate of drug-likeness (QED) is 0.638. The Morgan fingerprint density at radius 1 is 1.42 bits per heavy atom. The fraction of sp³-hybridized carbons (Fsp3) is 0.600. The molecule has 2 unspecified atom stereocenters. The average molecular weight is 266 g/mol. The third-order valence-corrected chi connectivity index (χ3v) is 3.02. The van der Waals surface area contributed by atoms with Gasteiger partial charge in [0, 0.05) is 25.2 Å². The van der Waals surface area contributed by atoms with Gasteiger partial charge in [0.1, 0.15) is 5.75 Å². The van der Waals surface area contributed by atoms with Gasteiger partial charge in [0.15, 0.2) is 0 Å². The lowest BCUT2D eigenvalue weighted by Crippen LogP contribution is -2.35. The van der Waals surface area contributed by atoms with Crippen LogP contribution in [0.4, 0.5) is 0 Å². The third kappa shape index (κ3) is 5.59. The first kappa shape index (κ1) is 16.0. The Morgan fingerprint density at radius 3 is 2.84 bits per heavy atom. The number of rotatable bonds is 9. The monoisotopic (exact) mass is 266 g/mol. The molecule has 19 heavy (non-hydrogen) atoms. The summed E-state index contributed by atoms with van der Waals surface area (Å²) in [5.74, 6) is 0.884. The molecule has 0 aliphatic rings. The highest BCUT2D eigenvalue weighted by Crippen LogP contribution is 2.19. The van der Waals surface area contributed by atoms with Gasteiger partial charge in [-0.05, 0) is 37.5 Å². The van der Waals surface area contributed by atoms with Gasteiger partial charge in [0.25, 0.3) is 0 Å². The van der Waals surface area contributed by atoms with Gasteiger partial charge >= 0.3 is 0 Å². The molecule has 1 aromatic carbocycles. The van der Waals surface area contributed by atoms with Crippen molar-refractivity contribution in [1.29, 1.82) is 0 Å². The number of aliphatic hydroxyl groups excluding tert-OH is 1. The normalized spacial score (nSPS) is 14.1. The molecule has 0 aliphatic heterocycles. The summed E-state index contributed by atoms with van der Waals surface area (Å²) in [5, 5.41) is 12.4. The molecular weight excluding hydrogens is 240 g/mol. The second kappa shape index (κ2) is 8.91. The van der Waals surface area contributed by atoms with Crippen molar-refractivity contribution in [3.63, 3.8) is 0 Å². The van der Waals surface area contributed by atoms with Gasteiger partial charge in [-0.1, -0.05) is 19.1 Å². The zero-order valence-electron chi connectivity index (χ0n) is 11.9. The topological polar surface area (TPSA) is 67.5 Å². The van der Waals surface area contributed by atoms with Gasteiger partial charge < -0.3 is 20.9 Å². The van der Waals surface area contributed by atoms with E-state index in [2.05, 4.69) is 25.2 Å².